The molecule has 3 rings (SSSR count). The first-order valence-corrected chi connectivity index (χ1v) is 8.26. The summed E-state index contributed by atoms with van der Waals surface area (Å²) in [6.45, 7) is 0.0142. The maximum absolute atomic E-state index is 12.3. The van der Waals surface area contributed by atoms with Crippen molar-refractivity contribution in [3.63, 3.8) is 0 Å². The number of ether oxygens (including phenoxy) is 3. The Morgan fingerprint density at radius 1 is 1.19 bits per heavy atom. The molecule has 7 nitrogen and oxygen atoms in total. The van der Waals surface area contributed by atoms with Crippen LogP contribution in [0.25, 0.3) is 6.08 Å². The summed E-state index contributed by atoms with van der Waals surface area (Å²) in [5.41, 5.74) is 1.89. The van der Waals surface area contributed by atoms with Gasteiger partial charge in [0.2, 0.25) is 5.91 Å². The number of rotatable bonds is 5. The molecule has 0 atom stereocenters. The number of carbonyl (C=O) groups is 2. The summed E-state index contributed by atoms with van der Waals surface area (Å²) in [4.78, 5) is 25.5. The number of nitrogens with zero attached hydrogens (tertiary/aromatic N) is 1. The molecule has 1 N–H and O–H groups in total. The number of nitrogens with one attached hydrogen (secondary N) is 1. The summed E-state index contributed by atoms with van der Waals surface area (Å²) in [5.74, 6) is 1.44. The molecule has 140 valence electrons. The van der Waals surface area contributed by atoms with Gasteiger partial charge in [0, 0.05) is 24.4 Å². The Labute approximate surface area is 157 Å². The van der Waals surface area contributed by atoms with Gasteiger partial charge in [-0.1, -0.05) is 0 Å². The van der Waals surface area contributed by atoms with E-state index in [1.807, 2.05) is 0 Å². The summed E-state index contributed by atoms with van der Waals surface area (Å²) in [7, 11) is 4.81. The number of hydrogen-bond acceptors (Lipinski definition) is 5. The lowest BCUT2D eigenvalue weighted by molar-refractivity contribution is -0.121. The van der Waals surface area contributed by atoms with E-state index in [4.69, 9.17) is 14.2 Å². The van der Waals surface area contributed by atoms with Crippen molar-refractivity contribution in [2.24, 2.45) is 0 Å². The molecule has 27 heavy (non-hydrogen) atoms. The topological polar surface area (TPSA) is 77.1 Å². The molecule has 1 aliphatic rings. The molecule has 0 fully saturated rings. The molecule has 1 heterocycles. The molecule has 0 unspecified atom stereocenters. The molecule has 0 saturated heterocycles. The van der Waals surface area contributed by atoms with Crippen LogP contribution in [-0.4, -0.2) is 39.7 Å². The van der Waals surface area contributed by atoms with E-state index in [1.165, 1.54) is 11.0 Å². The minimum Gasteiger partial charge on any atom is -0.497 e. The summed E-state index contributed by atoms with van der Waals surface area (Å²) < 4.78 is 15.9. The molecule has 0 spiro atoms. The van der Waals surface area contributed by atoms with Gasteiger partial charge >= 0.3 is 0 Å². The molecule has 2 amide bonds. The number of carbonyl (C=O) groups excluding carboxylic acids is 2. The first-order valence-electron chi connectivity index (χ1n) is 8.26. The molecule has 7 heteroatoms. The number of likely N-dealkylation sites (N-methyl/N-ethyl adjacent to an activating group) is 1. The number of amides is 2. The van der Waals surface area contributed by atoms with Gasteiger partial charge in [0.1, 0.15) is 17.2 Å². The van der Waals surface area contributed by atoms with Crippen molar-refractivity contribution in [2.45, 2.75) is 0 Å². The highest BCUT2D eigenvalue weighted by molar-refractivity contribution is 6.03. The summed E-state index contributed by atoms with van der Waals surface area (Å²) in [6.07, 6.45) is 3.05. The first kappa shape index (κ1) is 18.3. The second-order valence-corrected chi connectivity index (χ2v) is 5.85. The predicted molar refractivity (Wildman–Crippen MR) is 103 cm³/mol. The van der Waals surface area contributed by atoms with Crippen molar-refractivity contribution in [3.05, 3.63) is 48.0 Å². The highest BCUT2D eigenvalue weighted by Gasteiger charge is 2.22. The van der Waals surface area contributed by atoms with E-state index in [0.717, 1.165) is 5.56 Å². The van der Waals surface area contributed by atoms with Gasteiger partial charge in [-0.2, -0.15) is 0 Å². The number of hydrogen-bond donors (Lipinski definition) is 1. The lowest BCUT2D eigenvalue weighted by Gasteiger charge is -2.26. The minimum atomic E-state index is -0.314. The van der Waals surface area contributed by atoms with E-state index in [2.05, 4.69) is 5.32 Å². The van der Waals surface area contributed by atoms with Crippen LogP contribution in [0, 0.1) is 0 Å². The molecule has 0 aliphatic carbocycles. The van der Waals surface area contributed by atoms with Crippen LogP contribution in [0.1, 0.15) is 5.56 Å². The zero-order valence-corrected chi connectivity index (χ0v) is 15.3. The molecule has 2 aromatic carbocycles. The SMILES string of the molecule is COc1ccc(OC)c(/C=C/C(=O)Nc2ccc3c(c2)N(C)C(=O)CO3)c1. The lowest BCUT2D eigenvalue weighted by Crippen LogP contribution is -2.35. The number of benzene rings is 2. The summed E-state index contributed by atoms with van der Waals surface area (Å²) in [6, 6.07) is 10.5. The molecule has 1 aliphatic heterocycles. The van der Waals surface area contributed by atoms with Crippen molar-refractivity contribution in [2.75, 3.05) is 38.1 Å². The van der Waals surface area contributed by atoms with Crippen LogP contribution in [0.15, 0.2) is 42.5 Å². The normalized spacial score (nSPS) is 13.1. The molecular weight excluding hydrogens is 348 g/mol. The van der Waals surface area contributed by atoms with Crippen LogP contribution in [0.3, 0.4) is 0 Å². The number of methoxy groups -OCH3 is 2. The minimum absolute atomic E-state index is 0.0142. The van der Waals surface area contributed by atoms with E-state index >= 15 is 0 Å². The average Bonchev–Trinajstić information content (AvgIpc) is 2.69. The van der Waals surface area contributed by atoms with E-state index in [0.29, 0.717) is 28.6 Å². The highest BCUT2D eigenvalue weighted by atomic mass is 16.5. The predicted octanol–water partition coefficient (Wildman–Crippen LogP) is 2.71. The third kappa shape index (κ3) is 4.03. The Morgan fingerprint density at radius 3 is 2.74 bits per heavy atom. The van der Waals surface area contributed by atoms with E-state index < -0.39 is 0 Å². The van der Waals surface area contributed by atoms with Crippen LogP contribution in [0.2, 0.25) is 0 Å². The van der Waals surface area contributed by atoms with Crippen LogP contribution < -0.4 is 24.4 Å². The Bertz CT molecular complexity index is 907. The zero-order chi connectivity index (χ0) is 19.4. The zero-order valence-electron chi connectivity index (χ0n) is 15.3. The number of anilines is 2. The molecule has 2 aromatic rings. The Morgan fingerprint density at radius 2 is 2.00 bits per heavy atom. The van der Waals surface area contributed by atoms with Gasteiger partial charge in [-0.25, -0.2) is 0 Å². The average molecular weight is 368 g/mol. The van der Waals surface area contributed by atoms with Crippen LogP contribution in [0.4, 0.5) is 11.4 Å². The Hall–Kier alpha value is -3.48. The second kappa shape index (κ2) is 7.82. The van der Waals surface area contributed by atoms with Crippen molar-refractivity contribution in [1.29, 1.82) is 0 Å². The smallest absolute Gasteiger partial charge is 0.264 e. The quantitative estimate of drug-likeness (QED) is 0.821. The van der Waals surface area contributed by atoms with Gasteiger partial charge in [0.05, 0.1) is 19.9 Å². The Balaban J connectivity index is 1.75. The third-order valence-electron chi connectivity index (χ3n) is 4.16. The fourth-order valence-corrected chi connectivity index (χ4v) is 2.67. The highest BCUT2D eigenvalue weighted by Crippen LogP contribution is 2.33. The molecule has 0 radical (unpaired) electrons. The van der Waals surface area contributed by atoms with Gasteiger partial charge in [0.25, 0.3) is 5.91 Å². The van der Waals surface area contributed by atoms with Crippen LogP contribution in [0.5, 0.6) is 17.2 Å². The van der Waals surface area contributed by atoms with E-state index in [1.54, 1.807) is 63.7 Å². The maximum Gasteiger partial charge on any atom is 0.264 e. The maximum atomic E-state index is 12.3. The van der Waals surface area contributed by atoms with Crippen LogP contribution >= 0.6 is 0 Å². The van der Waals surface area contributed by atoms with Crippen molar-refractivity contribution in [1.82, 2.24) is 0 Å². The lowest BCUT2D eigenvalue weighted by atomic mass is 10.1. The Kier molecular flexibility index (Phi) is 5.30. The standard InChI is InChI=1S/C20H20N2O5/c1-22-16-11-14(5-7-18(16)27-12-20(22)24)21-19(23)9-4-13-10-15(25-2)6-8-17(13)26-3/h4-11H,12H2,1-3H3,(H,21,23)/b9-4+. The van der Waals surface area contributed by atoms with Gasteiger partial charge in [-0.05, 0) is 42.5 Å². The van der Waals surface area contributed by atoms with Crippen molar-refractivity contribution < 1.29 is 23.8 Å². The fraction of sp³-hybridized carbons (Fsp3) is 0.200. The largest absolute Gasteiger partial charge is 0.497 e. The van der Waals surface area contributed by atoms with Gasteiger partial charge in [0.15, 0.2) is 6.61 Å². The van der Waals surface area contributed by atoms with E-state index in [9.17, 15) is 9.59 Å². The fourth-order valence-electron chi connectivity index (χ4n) is 2.67. The first-order chi connectivity index (χ1) is 13.0. The summed E-state index contributed by atoms with van der Waals surface area (Å²) >= 11 is 0. The van der Waals surface area contributed by atoms with E-state index in [-0.39, 0.29) is 18.4 Å². The number of fused-ring (bicyclic) bond motifs is 1. The molecule has 0 saturated carbocycles. The molecule has 0 aromatic heterocycles. The van der Waals surface area contributed by atoms with Gasteiger partial charge < -0.3 is 24.4 Å². The third-order valence-corrected chi connectivity index (χ3v) is 4.16. The monoisotopic (exact) mass is 368 g/mol. The summed E-state index contributed by atoms with van der Waals surface area (Å²) in [5, 5.41) is 2.77. The van der Waals surface area contributed by atoms with Gasteiger partial charge in [-0.3, -0.25) is 9.59 Å². The molecule has 0 bridgehead atoms. The second-order valence-electron chi connectivity index (χ2n) is 5.85. The van der Waals surface area contributed by atoms with Crippen molar-refractivity contribution in [3.8, 4) is 17.2 Å². The molecular formula is C20H20N2O5. The van der Waals surface area contributed by atoms with Crippen molar-refractivity contribution >= 4 is 29.3 Å². The van der Waals surface area contributed by atoms with Crippen LogP contribution in [-0.2, 0) is 9.59 Å². The van der Waals surface area contributed by atoms with Gasteiger partial charge in [-0.15, -0.1) is 0 Å².